The molecular weight excluding hydrogens is 432 g/mol. The van der Waals surface area contributed by atoms with E-state index in [1.165, 1.54) is 0 Å². The van der Waals surface area contributed by atoms with Crippen LogP contribution in [-0.4, -0.2) is 58.4 Å². The van der Waals surface area contributed by atoms with E-state index in [-0.39, 0.29) is 59.0 Å². The van der Waals surface area contributed by atoms with Crippen LogP contribution in [0.25, 0.3) is 0 Å². The number of ketones is 1. The molecule has 2 bridgehead atoms. The summed E-state index contributed by atoms with van der Waals surface area (Å²) < 4.78 is 25.9. The first kappa shape index (κ1) is 21.3. The number of aliphatic hydroxyl groups is 1. The highest BCUT2D eigenvalue weighted by Gasteiger charge is 2.80. The summed E-state index contributed by atoms with van der Waals surface area (Å²) in [5, 5.41) is 11.8. The Hall–Kier alpha value is -0.790. The van der Waals surface area contributed by atoms with Crippen molar-refractivity contribution in [2.24, 2.45) is 40.4 Å². The van der Waals surface area contributed by atoms with Gasteiger partial charge < -0.3 is 24.1 Å². The van der Waals surface area contributed by atoms with Crippen molar-refractivity contribution in [3.63, 3.8) is 0 Å². The van der Waals surface area contributed by atoms with Crippen molar-refractivity contribution in [2.45, 2.75) is 114 Å². The highest BCUT2D eigenvalue weighted by Crippen LogP contribution is 2.73. The lowest BCUT2D eigenvalue weighted by atomic mass is 9.43. The summed E-state index contributed by atoms with van der Waals surface area (Å²) >= 11 is 0. The maximum Gasteiger partial charge on any atom is 0.189 e. The number of ether oxygens (including phenoxy) is 4. The molecule has 8 aliphatic rings. The lowest BCUT2D eigenvalue weighted by Crippen LogP contribution is -2.67. The molecule has 4 aliphatic carbocycles. The van der Waals surface area contributed by atoms with Gasteiger partial charge in [-0.05, 0) is 87.5 Å². The van der Waals surface area contributed by atoms with Crippen LogP contribution < -0.4 is 0 Å². The molecule has 0 aromatic rings. The highest BCUT2D eigenvalue weighted by atomic mass is 16.8. The molecule has 1 unspecified atom stereocenters. The van der Waals surface area contributed by atoms with E-state index in [1.807, 2.05) is 13.0 Å². The molecule has 6 heteroatoms. The molecule has 4 heterocycles. The summed E-state index contributed by atoms with van der Waals surface area (Å²) in [6, 6.07) is 0. The topological polar surface area (TPSA) is 80.8 Å². The largest absolute Gasteiger partial charge is 0.386 e. The van der Waals surface area contributed by atoms with Crippen LogP contribution in [0.4, 0.5) is 0 Å². The van der Waals surface area contributed by atoms with Crippen LogP contribution in [0.3, 0.4) is 0 Å². The van der Waals surface area contributed by atoms with Gasteiger partial charge in [0.15, 0.2) is 12.1 Å². The number of hydrogen-bond donors (Lipinski definition) is 1. The van der Waals surface area contributed by atoms with Crippen LogP contribution in [0.15, 0.2) is 12.2 Å². The monoisotopic (exact) mass is 470 g/mol. The Balaban J connectivity index is 1.19. The summed E-state index contributed by atoms with van der Waals surface area (Å²) in [4.78, 5) is 13.4. The second-order valence-electron chi connectivity index (χ2n) is 13.9. The first-order chi connectivity index (χ1) is 16.0. The maximum atomic E-state index is 13.4. The van der Waals surface area contributed by atoms with E-state index >= 15 is 0 Å². The highest BCUT2D eigenvalue weighted by molar-refractivity contribution is 5.97. The van der Waals surface area contributed by atoms with Gasteiger partial charge >= 0.3 is 0 Å². The van der Waals surface area contributed by atoms with Gasteiger partial charge in [0, 0.05) is 6.42 Å². The summed E-state index contributed by atoms with van der Waals surface area (Å²) in [5.74, 6) is 1.77. The second-order valence-corrected chi connectivity index (χ2v) is 13.9. The SMILES string of the molecule is C[C@H]1[C@H]2[C@@H](C[C@H]3[C@@H]4[C@@H]5O[C@@H]5[C@@]5(O)CC=CC(=O)[C@]5(C)[C@H]4CC[C@]23C)OC2O[C@@H]1C[C@]1(C)O[C@]21C. The smallest absolute Gasteiger partial charge is 0.189 e. The average molecular weight is 471 g/mol. The predicted molar refractivity (Wildman–Crippen MR) is 122 cm³/mol. The molecule has 1 N–H and O–H groups in total. The molecule has 3 saturated carbocycles. The number of carbonyl (C=O) groups excluding carboxylic acids is 1. The first-order valence-electron chi connectivity index (χ1n) is 13.6. The third kappa shape index (κ3) is 2.07. The molecule has 34 heavy (non-hydrogen) atoms. The van der Waals surface area contributed by atoms with Crippen LogP contribution in [0.1, 0.15) is 66.7 Å². The van der Waals surface area contributed by atoms with Gasteiger partial charge in [0.2, 0.25) is 0 Å². The molecule has 0 radical (unpaired) electrons. The van der Waals surface area contributed by atoms with Crippen molar-refractivity contribution in [1.29, 1.82) is 0 Å². The molecule has 4 aliphatic heterocycles. The summed E-state index contributed by atoms with van der Waals surface area (Å²) in [7, 11) is 0. The zero-order valence-electron chi connectivity index (χ0n) is 21.0. The number of carbonyl (C=O) groups is 1. The molecule has 0 aromatic heterocycles. The molecular formula is C28H38O6. The van der Waals surface area contributed by atoms with Gasteiger partial charge in [-0.25, -0.2) is 0 Å². The Morgan fingerprint density at radius 3 is 2.62 bits per heavy atom. The molecule has 186 valence electrons. The minimum atomic E-state index is -1.07. The van der Waals surface area contributed by atoms with Crippen molar-refractivity contribution in [2.75, 3.05) is 0 Å². The minimum absolute atomic E-state index is 0.0629. The van der Waals surface area contributed by atoms with Crippen molar-refractivity contribution in [3.05, 3.63) is 12.2 Å². The van der Waals surface area contributed by atoms with E-state index in [2.05, 4.69) is 27.7 Å². The summed E-state index contributed by atoms with van der Waals surface area (Å²) in [6.45, 7) is 11.2. The fraction of sp³-hybridized carbons (Fsp3) is 0.893. The van der Waals surface area contributed by atoms with Gasteiger partial charge in [0.25, 0.3) is 0 Å². The first-order valence-corrected chi connectivity index (χ1v) is 13.6. The van der Waals surface area contributed by atoms with Crippen LogP contribution in [0, 0.1) is 40.4 Å². The molecule has 0 aromatic carbocycles. The average Bonchev–Trinajstić information content (AvgIpc) is 3.65. The number of epoxide rings is 2. The molecule has 8 rings (SSSR count). The number of allylic oxidation sites excluding steroid dienone is 1. The van der Waals surface area contributed by atoms with E-state index in [4.69, 9.17) is 18.9 Å². The number of fused-ring (bicyclic) bond motifs is 14. The third-order valence-electron chi connectivity index (χ3n) is 12.9. The Bertz CT molecular complexity index is 1030. The second kappa shape index (κ2) is 5.85. The zero-order chi connectivity index (χ0) is 23.6. The van der Waals surface area contributed by atoms with E-state index in [9.17, 15) is 9.90 Å². The molecule has 0 spiro atoms. The van der Waals surface area contributed by atoms with Crippen molar-refractivity contribution in [1.82, 2.24) is 0 Å². The van der Waals surface area contributed by atoms with Gasteiger partial charge in [0.05, 0.1) is 23.7 Å². The zero-order valence-corrected chi connectivity index (χ0v) is 21.0. The Morgan fingerprint density at radius 1 is 1.06 bits per heavy atom. The van der Waals surface area contributed by atoms with Crippen LogP contribution in [0.5, 0.6) is 0 Å². The molecule has 0 amide bonds. The van der Waals surface area contributed by atoms with Crippen LogP contribution >= 0.6 is 0 Å². The predicted octanol–water partition coefficient (Wildman–Crippen LogP) is 3.40. The van der Waals surface area contributed by atoms with Gasteiger partial charge in [-0.15, -0.1) is 0 Å². The van der Waals surface area contributed by atoms with Crippen molar-refractivity contribution >= 4 is 5.78 Å². The maximum absolute atomic E-state index is 13.4. The molecule has 6 nitrogen and oxygen atoms in total. The fourth-order valence-electron chi connectivity index (χ4n) is 10.7. The van der Waals surface area contributed by atoms with E-state index in [0.29, 0.717) is 30.1 Å². The number of hydrogen-bond acceptors (Lipinski definition) is 6. The van der Waals surface area contributed by atoms with Crippen molar-refractivity contribution < 1.29 is 28.8 Å². The lowest BCUT2D eigenvalue weighted by molar-refractivity contribution is -0.219. The Kier molecular flexibility index (Phi) is 3.67. The van der Waals surface area contributed by atoms with Crippen molar-refractivity contribution in [3.8, 4) is 0 Å². The van der Waals surface area contributed by atoms with Crippen LogP contribution in [-0.2, 0) is 23.7 Å². The Labute approximate surface area is 201 Å². The summed E-state index contributed by atoms with van der Waals surface area (Å²) in [6.07, 6.45) is 7.85. The quantitative estimate of drug-likeness (QED) is 0.547. The molecule has 15 atom stereocenters. The number of rotatable bonds is 0. The summed E-state index contributed by atoms with van der Waals surface area (Å²) in [5.41, 5.74) is -2.21. The minimum Gasteiger partial charge on any atom is -0.386 e. The molecule has 4 saturated heterocycles. The third-order valence-corrected chi connectivity index (χ3v) is 12.9. The standard InChI is InChI=1S/C28H38O6/c1-13-17-12-25(3)27(5,34-25)23(32-17)31-16-11-15-19-14(8-10-24(15,2)20(13)16)26(4)18(29)7-6-9-28(26,30)22-21(19)33-22/h6-7,13-17,19-23,30H,8-12H2,1-5H3/t13-,14+,15+,16-,17-,19-,20+,21+,22+,23?,24+,25+,26+,27-,28+/m1/s1. The normalized spacial score (nSPS) is 68.9. The van der Waals surface area contributed by atoms with E-state index in [1.54, 1.807) is 6.08 Å². The molecule has 7 fully saturated rings. The lowest BCUT2D eigenvalue weighted by Gasteiger charge is -2.60. The van der Waals surface area contributed by atoms with Gasteiger partial charge in [0.1, 0.15) is 22.9 Å². The van der Waals surface area contributed by atoms with Crippen LogP contribution in [0.2, 0.25) is 0 Å². The Morgan fingerprint density at radius 2 is 1.82 bits per heavy atom. The van der Waals surface area contributed by atoms with E-state index in [0.717, 1.165) is 25.7 Å². The van der Waals surface area contributed by atoms with Gasteiger partial charge in [-0.2, -0.15) is 0 Å². The fourth-order valence-corrected chi connectivity index (χ4v) is 10.7. The van der Waals surface area contributed by atoms with Gasteiger partial charge in [-0.1, -0.05) is 19.9 Å². The van der Waals surface area contributed by atoms with E-state index < -0.39 is 11.0 Å². The van der Waals surface area contributed by atoms with Gasteiger partial charge in [-0.3, -0.25) is 4.79 Å².